The number of fused-ring (bicyclic) bond motifs is 2. The Balaban J connectivity index is 2.11. The summed E-state index contributed by atoms with van der Waals surface area (Å²) in [6, 6.07) is 6.47. The van der Waals surface area contributed by atoms with Gasteiger partial charge in [-0.3, -0.25) is 4.79 Å². The van der Waals surface area contributed by atoms with E-state index in [1.54, 1.807) is 7.05 Å². The van der Waals surface area contributed by atoms with Gasteiger partial charge in [-0.1, -0.05) is 24.3 Å². The number of nitrogens with zero attached hydrogens (tertiary/aromatic N) is 3. The van der Waals surface area contributed by atoms with Gasteiger partial charge >= 0.3 is 0 Å². The number of aliphatic hydroxyl groups is 2. The molecule has 0 aromatic heterocycles. The molecule has 1 saturated heterocycles. The molecule has 24 heavy (non-hydrogen) atoms. The predicted octanol–water partition coefficient (Wildman–Crippen LogP) is -0.910. The van der Waals surface area contributed by atoms with E-state index in [-0.39, 0.29) is 32.0 Å². The van der Waals surface area contributed by atoms with E-state index in [1.807, 2.05) is 24.3 Å². The minimum absolute atomic E-state index is 0.0231. The summed E-state index contributed by atoms with van der Waals surface area (Å²) in [5.41, 5.74) is 1.74. The average Bonchev–Trinajstić information content (AvgIpc) is 2.50. The van der Waals surface area contributed by atoms with Crippen molar-refractivity contribution in [3.8, 4) is 0 Å². The van der Waals surface area contributed by atoms with Crippen molar-refractivity contribution in [1.29, 1.82) is 0 Å². The number of carbonyl (C=O) groups is 1. The van der Waals surface area contributed by atoms with Crippen LogP contribution in [0.3, 0.4) is 0 Å². The van der Waals surface area contributed by atoms with Crippen LogP contribution in [0.15, 0.2) is 24.3 Å². The van der Waals surface area contributed by atoms with Gasteiger partial charge in [-0.05, 0) is 17.5 Å². The summed E-state index contributed by atoms with van der Waals surface area (Å²) in [6.45, 7) is 0.913. The molecule has 2 aliphatic rings. The van der Waals surface area contributed by atoms with Gasteiger partial charge in [0, 0.05) is 33.6 Å². The third-order valence-electron chi connectivity index (χ3n) is 4.55. The zero-order valence-corrected chi connectivity index (χ0v) is 14.4. The Morgan fingerprint density at radius 3 is 2.42 bits per heavy atom. The lowest BCUT2D eigenvalue weighted by Crippen LogP contribution is -2.64. The van der Waals surface area contributed by atoms with Crippen molar-refractivity contribution < 1.29 is 23.4 Å². The van der Waals surface area contributed by atoms with Crippen molar-refractivity contribution in [3.63, 3.8) is 0 Å². The van der Waals surface area contributed by atoms with E-state index < -0.39 is 22.2 Å². The molecular weight excluding hydrogens is 334 g/mol. The Kier molecular flexibility index (Phi) is 4.17. The summed E-state index contributed by atoms with van der Waals surface area (Å²) in [4.78, 5) is 14.1. The molecular formula is C15H21N3O5S. The number of carbonyl (C=O) groups excluding carboxylic acids is 1. The molecule has 1 atom stereocenters. The number of hydrogen-bond donors (Lipinski definition) is 2. The first-order valence-corrected chi connectivity index (χ1v) is 9.08. The number of hydrogen-bond acceptors (Lipinski definition) is 5. The zero-order valence-electron chi connectivity index (χ0n) is 13.6. The van der Waals surface area contributed by atoms with E-state index in [1.165, 1.54) is 4.90 Å². The molecule has 1 aromatic rings. The minimum Gasteiger partial charge on any atom is -0.353 e. The summed E-state index contributed by atoms with van der Waals surface area (Å²) in [5, 5.41) is 19.8. The standard InChI is InChI=1S/C15H21N3O5S/c1-15(20,21)18-8-7-16(2)14(19)13-9-11-5-3-4-6-12(11)10-17(13)24(18,22)23/h3-6,13,20-21H,7-10H2,1-2H3. The van der Waals surface area contributed by atoms with Crippen LogP contribution in [0.25, 0.3) is 0 Å². The number of likely N-dealkylation sites (N-methyl/N-ethyl adjacent to an activating group) is 1. The summed E-state index contributed by atoms with van der Waals surface area (Å²) < 4.78 is 27.7. The second kappa shape index (κ2) is 5.78. The maximum atomic E-state index is 13.0. The van der Waals surface area contributed by atoms with Gasteiger partial charge in [0.15, 0.2) is 0 Å². The van der Waals surface area contributed by atoms with Gasteiger partial charge in [0.25, 0.3) is 10.2 Å². The molecule has 1 aromatic carbocycles. The van der Waals surface area contributed by atoms with Crippen LogP contribution in [0, 0.1) is 0 Å². The first kappa shape index (κ1) is 17.3. The fourth-order valence-electron chi connectivity index (χ4n) is 3.23. The quantitative estimate of drug-likeness (QED) is 0.635. The smallest absolute Gasteiger partial charge is 0.287 e. The molecule has 1 fully saturated rings. The fraction of sp³-hybridized carbons (Fsp3) is 0.533. The topological polar surface area (TPSA) is 101 Å². The van der Waals surface area contributed by atoms with Crippen LogP contribution in [0.2, 0.25) is 0 Å². The lowest BCUT2D eigenvalue weighted by Gasteiger charge is -2.44. The molecule has 2 heterocycles. The van der Waals surface area contributed by atoms with Crippen LogP contribution >= 0.6 is 0 Å². The van der Waals surface area contributed by atoms with Crippen molar-refractivity contribution in [3.05, 3.63) is 35.4 Å². The molecule has 1 amide bonds. The highest BCUT2D eigenvalue weighted by molar-refractivity contribution is 7.86. The number of amides is 1. The monoisotopic (exact) mass is 355 g/mol. The van der Waals surface area contributed by atoms with Gasteiger partial charge in [0.05, 0.1) is 0 Å². The molecule has 0 aliphatic carbocycles. The van der Waals surface area contributed by atoms with Crippen LogP contribution in [0.4, 0.5) is 0 Å². The Labute approximate surface area is 141 Å². The average molecular weight is 355 g/mol. The first-order chi connectivity index (χ1) is 11.1. The predicted molar refractivity (Wildman–Crippen MR) is 85.6 cm³/mol. The molecule has 9 heteroatoms. The van der Waals surface area contributed by atoms with Crippen LogP contribution < -0.4 is 0 Å². The van der Waals surface area contributed by atoms with Gasteiger partial charge in [0.2, 0.25) is 11.8 Å². The van der Waals surface area contributed by atoms with E-state index in [9.17, 15) is 23.4 Å². The maximum Gasteiger partial charge on any atom is 0.287 e. The van der Waals surface area contributed by atoms with Crippen molar-refractivity contribution >= 4 is 16.1 Å². The SMILES string of the molecule is CN1CCN(C(C)(O)O)S(=O)(=O)N2Cc3ccccc3CC2C1=O. The summed E-state index contributed by atoms with van der Waals surface area (Å²) >= 11 is 0. The van der Waals surface area contributed by atoms with E-state index in [2.05, 4.69) is 0 Å². The van der Waals surface area contributed by atoms with Gasteiger partial charge in [-0.2, -0.15) is 12.7 Å². The number of benzene rings is 1. The van der Waals surface area contributed by atoms with Gasteiger partial charge < -0.3 is 15.1 Å². The lowest BCUT2D eigenvalue weighted by molar-refractivity contribution is -0.220. The van der Waals surface area contributed by atoms with Crippen LogP contribution in [-0.4, -0.2) is 70.1 Å². The van der Waals surface area contributed by atoms with E-state index in [4.69, 9.17) is 0 Å². The van der Waals surface area contributed by atoms with Crippen molar-refractivity contribution in [2.75, 3.05) is 20.1 Å². The third kappa shape index (κ3) is 2.82. The Morgan fingerprint density at radius 1 is 1.17 bits per heavy atom. The summed E-state index contributed by atoms with van der Waals surface area (Å²) in [7, 11) is -2.64. The van der Waals surface area contributed by atoms with Crippen molar-refractivity contribution in [2.45, 2.75) is 31.8 Å². The molecule has 132 valence electrons. The molecule has 1 unspecified atom stereocenters. The Morgan fingerprint density at radius 2 is 1.79 bits per heavy atom. The molecule has 0 bridgehead atoms. The lowest BCUT2D eigenvalue weighted by atomic mass is 9.95. The molecule has 0 radical (unpaired) electrons. The van der Waals surface area contributed by atoms with Gasteiger partial charge in [-0.15, -0.1) is 4.31 Å². The second-order valence-electron chi connectivity index (χ2n) is 6.34. The van der Waals surface area contributed by atoms with Crippen LogP contribution in [0.5, 0.6) is 0 Å². The summed E-state index contributed by atoms with van der Waals surface area (Å²) in [5.74, 6) is -2.83. The van der Waals surface area contributed by atoms with E-state index in [0.717, 1.165) is 22.4 Å². The first-order valence-electron chi connectivity index (χ1n) is 7.68. The fourth-order valence-corrected chi connectivity index (χ4v) is 5.02. The van der Waals surface area contributed by atoms with Gasteiger partial charge in [-0.25, -0.2) is 0 Å². The highest BCUT2D eigenvalue weighted by Crippen LogP contribution is 2.31. The molecule has 0 saturated carbocycles. The van der Waals surface area contributed by atoms with Crippen molar-refractivity contribution in [2.24, 2.45) is 0 Å². The number of rotatable bonds is 1. The van der Waals surface area contributed by atoms with E-state index in [0.29, 0.717) is 4.31 Å². The van der Waals surface area contributed by atoms with Crippen molar-refractivity contribution in [1.82, 2.24) is 13.5 Å². The maximum absolute atomic E-state index is 13.0. The molecule has 0 spiro atoms. The van der Waals surface area contributed by atoms with Gasteiger partial charge in [0.1, 0.15) is 6.04 Å². The highest BCUT2D eigenvalue weighted by Gasteiger charge is 2.48. The third-order valence-corrected chi connectivity index (χ3v) is 6.61. The molecule has 3 rings (SSSR count). The normalized spacial score (nSPS) is 25.6. The molecule has 2 N–H and O–H groups in total. The Hall–Kier alpha value is -1.52. The highest BCUT2D eigenvalue weighted by atomic mass is 32.2. The zero-order chi connectivity index (χ0) is 17.7. The second-order valence-corrected chi connectivity index (χ2v) is 8.15. The van der Waals surface area contributed by atoms with E-state index >= 15 is 0 Å². The van der Waals surface area contributed by atoms with Crippen LogP contribution in [0.1, 0.15) is 18.1 Å². The minimum atomic E-state index is -4.22. The summed E-state index contributed by atoms with van der Waals surface area (Å²) in [6.07, 6.45) is 0.264. The Bertz CT molecular complexity index is 759. The molecule has 2 aliphatic heterocycles. The largest absolute Gasteiger partial charge is 0.353 e. The van der Waals surface area contributed by atoms with Crippen LogP contribution in [-0.2, 0) is 28.0 Å². The molecule has 8 nitrogen and oxygen atoms in total.